The first-order chi connectivity index (χ1) is 18.2. The van der Waals surface area contributed by atoms with Crippen molar-refractivity contribution < 1.29 is 24.1 Å². The van der Waals surface area contributed by atoms with Crippen molar-refractivity contribution >= 4 is 22.6 Å². The maximum absolute atomic E-state index is 13.9. The minimum absolute atomic E-state index is 0.0908. The van der Waals surface area contributed by atoms with Gasteiger partial charge in [-0.15, -0.1) is 5.10 Å². The van der Waals surface area contributed by atoms with Crippen molar-refractivity contribution in [3.05, 3.63) is 45.6 Å². The second-order valence-corrected chi connectivity index (χ2v) is 9.79. The number of amides is 1. The number of aliphatic hydroxyl groups excluding tert-OH is 1. The van der Waals surface area contributed by atoms with Crippen molar-refractivity contribution in [2.24, 2.45) is 0 Å². The number of unbranched alkanes of at least 4 members (excludes halogenated alkanes) is 3. The molecular formula is C27H36FN5O5. The Morgan fingerprint density at radius 2 is 1.95 bits per heavy atom. The molecule has 0 saturated carbocycles. The second kappa shape index (κ2) is 11.4. The van der Waals surface area contributed by atoms with Crippen LogP contribution in [0.5, 0.6) is 11.5 Å². The normalized spacial score (nSPS) is 15.3. The third-order valence-electron chi connectivity index (χ3n) is 7.17. The number of aromatic hydroxyl groups is 1. The van der Waals surface area contributed by atoms with Crippen LogP contribution >= 0.6 is 0 Å². The number of carbonyl (C=O) groups is 1. The van der Waals surface area contributed by atoms with Gasteiger partial charge in [-0.25, -0.2) is 9.07 Å². The van der Waals surface area contributed by atoms with Crippen LogP contribution in [0.25, 0.3) is 10.9 Å². The van der Waals surface area contributed by atoms with Gasteiger partial charge in [-0.3, -0.25) is 9.59 Å². The van der Waals surface area contributed by atoms with Gasteiger partial charge in [0.15, 0.2) is 17.3 Å². The van der Waals surface area contributed by atoms with Crippen LogP contribution in [0, 0.1) is 5.82 Å². The molecule has 10 nitrogen and oxygen atoms in total. The van der Waals surface area contributed by atoms with Gasteiger partial charge in [0, 0.05) is 51.0 Å². The van der Waals surface area contributed by atoms with Crippen molar-refractivity contribution in [2.75, 3.05) is 45.3 Å². The number of halogens is 1. The molecule has 0 aliphatic carbocycles. The molecule has 1 aliphatic rings. The van der Waals surface area contributed by atoms with Crippen molar-refractivity contribution in [3.63, 3.8) is 0 Å². The Morgan fingerprint density at radius 3 is 2.61 bits per heavy atom. The average Bonchev–Trinajstić information content (AvgIpc) is 3.25. The predicted octanol–water partition coefficient (Wildman–Crippen LogP) is 3.13. The number of ether oxygens (including phenoxy) is 1. The lowest BCUT2D eigenvalue weighted by atomic mass is 10.2. The zero-order valence-electron chi connectivity index (χ0n) is 22.4. The van der Waals surface area contributed by atoms with Gasteiger partial charge in [0.2, 0.25) is 0 Å². The Balaban J connectivity index is 1.92. The van der Waals surface area contributed by atoms with E-state index in [2.05, 4.69) is 0 Å². The maximum atomic E-state index is 13.9. The fourth-order valence-electron chi connectivity index (χ4n) is 5.18. The van der Waals surface area contributed by atoms with E-state index in [9.17, 15) is 19.1 Å². The number of hydrogen-bond acceptors (Lipinski definition) is 7. The highest BCUT2D eigenvalue weighted by Gasteiger charge is 2.37. The average molecular weight is 530 g/mol. The van der Waals surface area contributed by atoms with E-state index >= 15 is 0 Å². The number of hydrogen-bond donors (Lipinski definition) is 2. The first-order valence-electron chi connectivity index (χ1n) is 13.0. The molecule has 1 aromatic carbocycles. The van der Waals surface area contributed by atoms with Crippen molar-refractivity contribution in [3.8, 4) is 11.5 Å². The minimum atomic E-state index is -0.585. The molecule has 206 valence electrons. The van der Waals surface area contributed by atoms with E-state index < -0.39 is 11.4 Å². The van der Waals surface area contributed by atoms with E-state index in [1.165, 1.54) is 23.9 Å². The lowest BCUT2D eigenvalue weighted by molar-refractivity contribution is 0.0685. The van der Waals surface area contributed by atoms with Gasteiger partial charge in [0.25, 0.3) is 11.5 Å². The number of benzene rings is 1. The quantitative estimate of drug-likeness (QED) is 0.367. The zero-order valence-corrected chi connectivity index (χ0v) is 22.4. The summed E-state index contributed by atoms with van der Waals surface area (Å²) in [6, 6.07) is 3.51. The second-order valence-electron chi connectivity index (χ2n) is 9.79. The number of rotatable bonds is 11. The van der Waals surface area contributed by atoms with Gasteiger partial charge in [-0.1, -0.05) is 18.9 Å². The molecule has 38 heavy (non-hydrogen) atoms. The van der Waals surface area contributed by atoms with Gasteiger partial charge >= 0.3 is 0 Å². The van der Waals surface area contributed by atoms with Crippen LogP contribution in [0.3, 0.4) is 0 Å². The number of likely N-dealkylation sites (N-methyl/N-ethyl adjacent to an activating group) is 1. The van der Waals surface area contributed by atoms with Gasteiger partial charge in [0.05, 0.1) is 13.7 Å². The molecule has 2 N–H and O–H groups in total. The van der Waals surface area contributed by atoms with Crippen LogP contribution < -0.4 is 15.2 Å². The molecule has 0 spiro atoms. The number of carbonyl (C=O) groups excluding carboxylic acids is 1. The molecule has 0 fully saturated rings. The fraction of sp³-hybridized carbons (Fsp3) is 0.519. The van der Waals surface area contributed by atoms with Crippen LogP contribution in [0.2, 0.25) is 0 Å². The van der Waals surface area contributed by atoms with E-state index in [1.54, 1.807) is 4.90 Å². The Kier molecular flexibility index (Phi) is 8.25. The Hall–Kier alpha value is -3.60. The molecule has 0 bridgehead atoms. The standard InChI is InChI=1S/C27H36FN5O5/c1-5-31-15-17(2)33-22-21(24(38-4)23(33)27(31)37)26(36)32(16-18-10-11-19(28)14-20(18)35)29-25(22)30(3)12-8-6-7-9-13-34/h10-11,14,17,34-35H,5-9,12-13,15-16H2,1-4H3/t17-/m0/s1. The fourth-order valence-corrected chi connectivity index (χ4v) is 5.18. The van der Waals surface area contributed by atoms with Crippen LogP contribution in [0.1, 0.15) is 61.6 Å². The molecule has 3 aromatic rings. The monoisotopic (exact) mass is 529 g/mol. The first kappa shape index (κ1) is 27.4. The maximum Gasteiger partial charge on any atom is 0.280 e. The van der Waals surface area contributed by atoms with Crippen LogP contribution in [0.15, 0.2) is 23.0 Å². The van der Waals surface area contributed by atoms with Gasteiger partial charge < -0.3 is 29.3 Å². The van der Waals surface area contributed by atoms with Crippen LogP contribution in [0.4, 0.5) is 10.2 Å². The van der Waals surface area contributed by atoms with E-state index in [0.29, 0.717) is 42.2 Å². The largest absolute Gasteiger partial charge is 0.507 e. The lowest BCUT2D eigenvalue weighted by Crippen LogP contribution is -2.42. The molecule has 0 saturated heterocycles. The molecule has 11 heteroatoms. The zero-order chi connectivity index (χ0) is 27.6. The third kappa shape index (κ3) is 4.94. The molecule has 0 unspecified atom stereocenters. The number of methoxy groups -OCH3 is 1. The summed E-state index contributed by atoms with van der Waals surface area (Å²) >= 11 is 0. The summed E-state index contributed by atoms with van der Waals surface area (Å²) in [6.07, 6.45) is 3.42. The topological polar surface area (TPSA) is 113 Å². The number of phenols is 1. The summed E-state index contributed by atoms with van der Waals surface area (Å²) < 4.78 is 22.4. The molecule has 0 radical (unpaired) electrons. The van der Waals surface area contributed by atoms with Crippen LogP contribution in [-0.2, 0) is 6.54 Å². The van der Waals surface area contributed by atoms with E-state index in [-0.39, 0.29) is 42.0 Å². The lowest BCUT2D eigenvalue weighted by Gasteiger charge is -2.33. The van der Waals surface area contributed by atoms with Gasteiger partial charge in [0.1, 0.15) is 22.5 Å². The molecule has 1 aliphatic heterocycles. The number of anilines is 1. The van der Waals surface area contributed by atoms with Crippen molar-refractivity contribution in [1.29, 1.82) is 0 Å². The molecule has 4 rings (SSSR count). The molecular weight excluding hydrogens is 493 g/mol. The number of nitrogens with zero attached hydrogens (tertiary/aromatic N) is 5. The summed E-state index contributed by atoms with van der Waals surface area (Å²) in [5.74, 6) is -0.352. The SMILES string of the molecule is CCN1C[C@H](C)n2c(c(OC)c3c(=O)n(Cc4ccc(F)cc4O)nc(N(C)CCCCCCO)c32)C1=O. The molecule has 2 aromatic heterocycles. The van der Waals surface area contributed by atoms with E-state index in [4.69, 9.17) is 14.9 Å². The smallest absolute Gasteiger partial charge is 0.280 e. The molecule has 1 amide bonds. The van der Waals surface area contributed by atoms with Gasteiger partial charge in [-0.2, -0.15) is 0 Å². The Bertz CT molecular complexity index is 1380. The molecule has 1 atom stereocenters. The van der Waals surface area contributed by atoms with Crippen molar-refractivity contribution in [2.45, 2.75) is 52.1 Å². The minimum Gasteiger partial charge on any atom is -0.507 e. The van der Waals surface area contributed by atoms with Gasteiger partial charge in [-0.05, 0) is 32.8 Å². The highest BCUT2D eigenvalue weighted by atomic mass is 19.1. The number of aromatic nitrogens is 3. The summed E-state index contributed by atoms with van der Waals surface area (Å²) in [4.78, 5) is 31.0. The number of fused-ring (bicyclic) bond motifs is 3. The molecule has 3 heterocycles. The summed E-state index contributed by atoms with van der Waals surface area (Å²) in [5, 5.41) is 24.3. The van der Waals surface area contributed by atoms with E-state index in [1.807, 2.05) is 30.4 Å². The summed E-state index contributed by atoms with van der Waals surface area (Å²) in [5.41, 5.74) is 0.728. The predicted molar refractivity (Wildman–Crippen MR) is 143 cm³/mol. The Labute approximate surface area is 220 Å². The summed E-state index contributed by atoms with van der Waals surface area (Å²) in [7, 11) is 3.33. The highest BCUT2D eigenvalue weighted by molar-refractivity contribution is 6.07. The summed E-state index contributed by atoms with van der Waals surface area (Å²) in [6.45, 7) is 5.64. The number of aliphatic hydroxyl groups is 1. The third-order valence-corrected chi connectivity index (χ3v) is 7.17. The van der Waals surface area contributed by atoms with E-state index in [0.717, 1.165) is 31.7 Å². The van der Waals surface area contributed by atoms with Crippen molar-refractivity contribution in [1.82, 2.24) is 19.2 Å². The highest BCUT2D eigenvalue weighted by Crippen LogP contribution is 2.40. The first-order valence-corrected chi connectivity index (χ1v) is 13.0. The number of phenolic OH excluding ortho intramolecular Hbond substituents is 1. The Morgan fingerprint density at radius 1 is 1.21 bits per heavy atom. The van der Waals surface area contributed by atoms with Crippen LogP contribution in [-0.4, -0.2) is 75.8 Å².